The molecule has 1 heterocycles. The van der Waals surface area contributed by atoms with Crippen LogP contribution in [-0.4, -0.2) is 7.11 Å². The second-order valence-corrected chi connectivity index (χ2v) is 5.32. The molecular weight excluding hydrogens is 268 g/mol. The molecule has 2 aromatic rings. The van der Waals surface area contributed by atoms with Gasteiger partial charge in [0.05, 0.1) is 18.2 Å². The minimum atomic E-state index is -0.0953. The molecule has 1 aromatic heterocycles. The molecule has 18 heavy (non-hydrogen) atoms. The molecule has 0 saturated heterocycles. The van der Waals surface area contributed by atoms with Crippen molar-refractivity contribution < 1.29 is 4.74 Å². The topological polar surface area (TPSA) is 47.3 Å². The van der Waals surface area contributed by atoms with Gasteiger partial charge in [-0.15, -0.1) is 11.3 Å². The van der Waals surface area contributed by atoms with Gasteiger partial charge in [0.25, 0.3) is 0 Å². The molecule has 0 bridgehead atoms. The summed E-state index contributed by atoms with van der Waals surface area (Å²) in [6, 6.07) is 7.77. The lowest BCUT2D eigenvalue weighted by Gasteiger charge is -2.17. The van der Waals surface area contributed by atoms with Crippen molar-refractivity contribution >= 4 is 22.9 Å². The first kappa shape index (κ1) is 13.4. The second-order valence-electron chi connectivity index (χ2n) is 3.96. The highest BCUT2D eigenvalue weighted by Crippen LogP contribution is 2.33. The van der Waals surface area contributed by atoms with Crippen LogP contribution in [0.15, 0.2) is 29.6 Å². The monoisotopic (exact) mass is 282 g/mol. The molecule has 1 unspecified atom stereocenters. The van der Waals surface area contributed by atoms with Gasteiger partial charge in [-0.05, 0) is 35.6 Å². The van der Waals surface area contributed by atoms with Crippen molar-refractivity contribution in [3.05, 3.63) is 50.7 Å². The number of methoxy groups -OCH3 is 1. The Morgan fingerprint density at radius 3 is 2.67 bits per heavy atom. The van der Waals surface area contributed by atoms with Crippen LogP contribution >= 0.6 is 22.9 Å². The molecule has 0 radical (unpaired) electrons. The van der Waals surface area contributed by atoms with E-state index in [9.17, 15) is 0 Å². The molecule has 0 saturated carbocycles. The first-order chi connectivity index (χ1) is 8.67. The summed E-state index contributed by atoms with van der Waals surface area (Å²) in [5, 5.41) is 2.69. The fourth-order valence-electron chi connectivity index (χ4n) is 1.92. The smallest absolute Gasteiger partial charge is 0.121 e. The lowest BCUT2D eigenvalue weighted by atomic mass is 10.0. The average molecular weight is 283 g/mol. The largest absolute Gasteiger partial charge is 0.496 e. The maximum atomic E-state index is 6.15. The van der Waals surface area contributed by atoms with Crippen LogP contribution in [0.25, 0.3) is 0 Å². The van der Waals surface area contributed by atoms with E-state index < -0.39 is 0 Å². The predicted molar refractivity (Wildman–Crippen MR) is 76.2 cm³/mol. The van der Waals surface area contributed by atoms with Crippen LogP contribution in [0.1, 0.15) is 22.0 Å². The average Bonchev–Trinajstić information content (AvgIpc) is 2.77. The molecule has 0 aliphatic heterocycles. The number of hydrogen-bond donors (Lipinski definition) is 2. The third-order valence-electron chi connectivity index (χ3n) is 2.83. The minimum absolute atomic E-state index is 0.0953. The zero-order valence-electron chi connectivity index (χ0n) is 10.2. The van der Waals surface area contributed by atoms with E-state index in [0.29, 0.717) is 0 Å². The zero-order valence-corrected chi connectivity index (χ0v) is 11.8. The normalized spacial score (nSPS) is 12.4. The number of hydrazine groups is 1. The van der Waals surface area contributed by atoms with E-state index in [2.05, 4.69) is 11.5 Å². The Hall–Kier alpha value is -1.07. The molecule has 1 aromatic carbocycles. The third kappa shape index (κ3) is 2.52. The van der Waals surface area contributed by atoms with Gasteiger partial charge in [-0.1, -0.05) is 23.7 Å². The predicted octanol–water partition coefficient (Wildman–Crippen LogP) is 3.27. The summed E-state index contributed by atoms with van der Waals surface area (Å²) in [5.41, 5.74) is 4.95. The van der Waals surface area contributed by atoms with Gasteiger partial charge in [-0.25, -0.2) is 5.43 Å². The van der Waals surface area contributed by atoms with Crippen LogP contribution in [0.2, 0.25) is 5.02 Å². The summed E-state index contributed by atoms with van der Waals surface area (Å²) in [6.45, 7) is 2.01. The summed E-state index contributed by atoms with van der Waals surface area (Å²) in [6.07, 6.45) is 0. The number of halogens is 1. The molecule has 3 N–H and O–H groups in total. The maximum absolute atomic E-state index is 6.15. The number of nitrogens with one attached hydrogen (secondary N) is 1. The Kier molecular flexibility index (Phi) is 4.24. The fraction of sp³-hybridized carbons (Fsp3) is 0.231. The number of thiophene rings is 1. The van der Waals surface area contributed by atoms with Crippen LogP contribution in [0.3, 0.4) is 0 Å². The molecule has 0 amide bonds. The van der Waals surface area contributed by atoms with Crippen molar-refractivity contribution in [2.45, 2.75) is 13.0 Å². The molecule has 0 aliphatic carbocycles. The van der Waals surface area contributed by atoms with Crippen LogP contribution in [0, 0.1) is 6.92 Å². The van der Waals surface area contributed by atoms with Gasteiger partial charge < -0.3 is 4.74 Å². The molecule has 96 valence electrons. The molecule has 3 nitrogen and oxygen atoms in total. The highest BCUT2D eigenvalue weighted by molar-refractivity contribution is 7.10. The summed E-state index contributed by atoms with van der Waals surface area (Å²) in [5.74, 6) is 6.52. The van der Waals surface area contributed by atoms with Gasteiger partial charge in [0, 0.05) is 4.88 Å². The van der Waals surface area contributed by atoms with Gasteiger partial charge in [0.1, 0.15) is 5.75 Å². The zero-order chi connectivity index (χ0) is 13.1. The number of benzene rings is 1. The highest BCUT2D eigenvalue weighted by atomic mass is 35.5. The number of nitrogens with two attached hydrogens (primary N) is 1. The van der Waals surface area contributed by atoms with E-state index in [1.54, 1.807) is 18.4 Å². The van der Waals surface area contributed by atoms with Gasteiger partial charge in [-0.2, -0.15) is 0 Å². The molecule has 2 rings (SSSR count). The van der Waals surface area contributed by atoms with Crippen molar-refractivity contribution in [1.82, 2.24) is 5.43 Å². The molecule has 0 fully saturated rings. The Balaban J connectivity index is 2.40. The summed E-state index contributed by atoms with van der Waals surface area (Å²) in [7, 11) is 1.66. The lowest BCUT2D eigenvalue weighted by Crippen LogP contribution is -2.28. The highest BCUT2D eigenvalue weighted by Gasteiger charge is 2.17. The Bertz CT molecular complexity index is 542. The van der Waals surface area contributed by atoms with Gasteiger partial charge in [-0.3, -0.25) is 5.84 Å². The number of aryl methyl sites for hydroxylation is 1. The Morgan fingerprint density at radius 1 is 1.39 bits per heavy atom. The first-order valence-electron chi connectivity index (χ1n) is 5.51. The van der Waals surface area contributed by atoms with Crippen LogP contribution in [0.4, 0.5) is 0 Å². The van der Waals surface area contributed by atoms with Crippen LogP contribution in [0.5, 0.6) is 5.75 Å². The minimum Gasteiger partial charge on any atom is -0.496 e. The second kappa shape index (κ2) is 5.71. The summed E-state index contributed by atoms with van der Waals surface area (Å²) in [4.78, 5) is 1.02. The maximum Gasteiger partial charge on any atom is 0.121 e. The quantitative estimate of drug-likeness (QED) is 0.668. The number of ether oxygens (including phenoxy) is 1. The van der Waals surface area contributed by atoms with Crippen molar-refractivity contribution in [3.8, 4) is 5.75 Å². The van der Waals surface area contributed by atoms with Crippen molar-refractivity contribution in [2.24, 2.45) is 5.84 Å². The molecule has 0 aliphatic rings. The van der Waals surface area contributed by atoms with Crippen LogP contribution < -0.4 is 16.0 Å². The SMILES string of the molecule is COc1ccc(C(NN)c2sccc2Cl)cc1C. The van der Waals surface area contributed by atoms with E-state index in [-0.39, 0.29) is 6.04 Å². The fourth-order valence-corrected chi connectivity index (χ4v) is 3.17. The van der Waals surface area contributed by atoms with Crippen LogP contribution in [-0.2, 0) is 0 Å². The van der Waals surface area contributed by atoms with E-state index in [1.807, 2.05) is 30.5 Å². The van der Waals surface area contributed by atoms with Crippen molar-refractivity contribution in [1.29, 1.82) is 0 Å². The van der Waals surface area contributed by atoms with Gasteiger partial charge >= 0.3 is 0 Å². The van der Waals surface area contributed by atoms with E-state index in [0.717, 1.165) is 26.8 Å². The molecule has 1 atom stereocenters. The van der Waals surface area contributed by atoms with E-state index >= 15 is 0 Å². The first-order valence-corrected chi connectivity index (χ1v) is 6.76. The van der Waals surface area contributed by atoms with Crippen molar-refractivity contribution in [2.75, 3.05) is 7.11 Å². The molecule has 0 spiro atoms. The summed E-state index contributed by atoms with van der Waals surface area (Å²) >= 11 is 7.74. The molecular formula is C13H15ClN2OS. The standard InChI is InChI=1S/C13H15ClN2OS/c1-8-7-9(3-4-11(8)17-2)12(16-15)13-10(14)5-6-18-13/h3-7,12,16H,15H2,1-2H3. The van der Waals surface area contributed by atoms with E-state index in [4.69, 9.17) is 22.2 Å². The van der Waals surface area contributed by atoms with Crippen molar-refractivity contribution in [3.63, 3.8) is 0 Å². The van der Waals surface area contributed by atoms with Gasteiger partial charge in [0.2, 0.25) is 0 Å². The van der Waals surface area contributed by atoms with Gasteiger partial charge in [0.15, 0.2) is 0 Å². The Morgan fingerprint density at radius 2 is 2.17 bits per heavy atom. The Labute approximate surface area is 116 Å². The third-order valence-corrected chi connectivity index (χ3v) is 4.25. The summed E-state index contributed by atoms with van der Waals surface area (Å²) < 4.78 is 5.25. The van der Waals surface area contributed by atoms with E-state index in [1.165, 1.54) is 0 Å². The molecule has 5 heteroatoms. The number of rotatable bonds is 4. The number of hydrogen-bond acceptors (Lipinski definition) is 4. The lowest BCUT2D eigenvalue weighted by molar-refractivity contribution is 0.411.